The molecule has 0 saturated heterocycles. The van der Waals surface area contributed by atoms with Gasteiger partial charge in [-0.2, -0.15) is 0 Å². The summed E-state index contributed by atoms with van der Waals surface area (Å²) in [5, 5.41) is 3.61. The van der Waals surface area contributed by atoms with Crippen molar-refractivity contribution in [3.63, 3.8) is 0 Å². The molecule has 0 aliphatic heterocycles. The summed E-state index contributed by atoms with van der Waals surface area (Å²) in [7, 11) is 0. The smallest absolute Gasteiger partial charge is 0.0724 e. The number of nitrogens with zero attached hydrogens (tertiary/aromatic N) is 2. The van der Waals surface area contributed by atoms with E-state index < -0.39 is 0 Å². The van der Waals surface area contributed by atoms with E-state index in [-0.39, 0.29) is 0 Å². The Hall–Kier alpha value is -0.960. The van der Waals surface area contributed by atoms with E-state index in [1.807, 2.05) is 19.3 Å². The molecule has 1 aromatic heterocycles. The first kappa shape index (κ1) is 12.5. The maximum Gasteiger partial charge on any atom is 0.0724 e. The summed E-state index contributed by atoms with van der Waals surface area (Å²) < 4.78 is 0. The summed E-state index contributed by atoms with van der Waals surface area (Å²) in [5.74, 6) is 1.72. The van der Waals surface area contributed by atoms with Gasteiger partial charge in [-0.3, -0.25) is 9.97 Å². The second kappa shape index (κ2) is 5.58. The van der Waals surface area contributed by atoms with Crippen LogP contribution in [-0.4, -0.2) is 16.0 Å². The van der Waals surface area contributed by atoms with Crippen LogP contribution >= 0.6 is 0 Å². The van der Waals surface area contributed by atoms with Gasteiger partial charge >= 0.3 is 0 Å². The van der Waals surface area contributed by atoms with Gasteiger partial charge in [0.15, 0.2) is 0 Å². The predicted octanol–water partition coefficient (Wildman–Crippen LogP) is 2.70. The van der Waals surface area contributed by atoms with Crippen LogP contribution < -0.4 is 5.32 Å². The van der Waals surface area contributed by atoms with Gasteiger partial charge in [0.1, 0.15) is 0 Å². The maximum atomic E-state index is 4.37. The standard InChI is InChI=1S/C14H23N3/c1-10-4-5-13(6-11(10)2)17-9-14-8-15-12(3)7-16-14/h7-8,10-11,13,17H,4-6,9H2,1-3H3. The molecule has 0 aromatic carbocycles. The molecule has 1 heterocycles. The van der Waals surface area contributed by atoms with Gasteiger partial charge in [0.25, 0.3) is 0 Å². The van der Waals surface area contributed by atoms with Crippen molar-refractivity contribution < 1.29 is 0 Å². The first-order valence-electron chi connectivity index (χ1n) is 6.66. The Bertz CT molecular complexity index is 347. The fraction of sp³-hybridized carbons (Fsp3) is 0.714. The zero-order valence-electron chi connectivity index (χ0n) is 11.1. The molecule has 1 fully saturated rings. The van der Waals surface area contributed by atoms with E-state index in [9.17, 15) is 0 Å². The monoisotopic (exact) mass is 233 g/mol. The molecule has 0 amide bonds. The van der Waals surface area contributed by atoms with Crippen molar-refractivity contribution in [2.24, 2.45) is 11.8 Å². The number of hydrogen-bond acceptors (Lipinski definition) is 3. The average molecular weight is 233 g/mol. The lowest BCUT2D eigenvalue weighted by molar-refractivity contribution is 0.225. The summed E-state index contributed by atoms with van der Waals surface area (Å²) in [5.41, 5.74) is 2.02. The first-order chi connectivity index (χ1) is 8.15. The molecule has 1 aliphatic rings. The van der Waals surface area contributed by atoms with Crippen LogP contribution in [0.15, 0.2) is 12.4 Å². The van der Waals surface area contributed by atoms with E-state index in [1.54, 1.807) is 0 Å². The van der Waals surface area contributed by atoms with E-state index in [2.05, 4.69) is 29.1 Å². The second-order valence-corrected chi connectivity index (χ2v) is 5.49. The highest BCUT2D eigenvalue weighted by Crippen LogP contribution is 2.29. The predicted molar refractivity (Wildman–Crippen MR) is 69.6 cm³/mol. The molecule has 1 saturated carbocycles. The SMILES string of the molecule is Cc1cnc(CNC2CCC(C)C(C)C2)cn1. The highest BCUT2D eigenvalue weighted by molar-refractivity contribution is 5.00. The Kier molecular flexibility index (Phi) is 4.11. The molecule has 1 aliphatic carbocycles. The van der Waals surface area contributed by atoms with Crippen molar-refractivity contribution in [2.45, 2.75) is 52.6 Å². The second-order valence-electron chi connectivity index (χ2n) is 5.49. The average Bonchev–Trinajstić information content (AvgIpc) is 2.33. The van der Waals surface area contributed by atoms with Crippen LogP contribution in [-0.2, 0) is 6.54 Å². The van der Waals surface area contributed by atoms with Crippen LogP contribution in [0.1, 0.15) is 44.5 Å². The van der Waals surface area contributed by atoms with Gasteiger partial charge in [-0.15, -0.1) is 0 Å². The third-order valence-electron chi connectivity index (χ3n) is 4.00. The highest BCUT2D eigenvalue weighted by Gasteiger charge is 2.23. The zero-order chi connectivity index (χ0) is 12.3. The van der Waals surface area contributed by atoms with E-state index >= 15 is 0 Å². The summed E-state index contributed by atoms with van der Waals surface area (Å²) in [6.45, 7) is 7.55. The van der Waals surface area contributed by atoms with Crippen molar-refractivity contribution in [2.75, 3.05) is 0 Å². The Morgan fingerprint density at radius 2 is 2.00 bits per heavy atom. The van der Waals surface area contributed by atoms with Gasteiger partial charge < -0.3 is 5.32 Å². The van der Waals surface area contributed by atoms with Gasteiger partial charge in [0.05, 0.1) is 11.4 Å². The third kappa shape index (κ3) is 3.50. The number of nitrogens with one attached hydrogen (secondary N) is 1. The minimum Gasteiger partial charge on any atom is -0.308 e. The molecule has 3 heteroatoms. The summed E-state index contributed by atoms with van der Waals surface area (Å²) in [4.78, 5) is 8.64. The van der Waals surface area contributed by atoms with Crippen molar-refractivity contribution in [3.8, 4) is 0 Å². The normalized spacial score (nSPS) is 29.2. The number of rotatable bonds is 3. The van der Waals surface area contributed by atoms with E-state index in [0.29, 0.717) is 6.04 Å². The van der Waals surface area contributed by atoms with Gasteiger partial charge in [0.2, 0.25) is 0 Å². The fourth-order valence-corrected chi connectivity index (χ4v) is 2.49. The molecule has 94 valence electrons. The molecule has 3 nitrogen and oxygen atoms in total. The lowest BCUT2D eigenvalue weighted by atomic mass is 9.79. The van der Waals surface area contributed by atoms with Gasteiger partial charge in [-0.05, 0) is 38.0 Å². The van der Waals surface area contributed by atoms with E-state index in [0.717, 1.165) is 29.8 Å². The Balaban J connectivity index is 1.80. The lowest BCUT2D eigenvalue weighted by Gasteiger charge is -2.32. The molecule has 1 N–H and O–H groups in total. The van der Waals surface area contributed by atoms with Crippen molar-refractivity contribution >= 4 is 0 Å². The van der Waals surface area contributed by atoms with Crippen LogP contribution in [0.2, 0.25) is 0 Å². The zero-order valence-corrected chi connectivity index (χ0v) is 11.1. The lowest BCUT2D eigenvalue weighted by Crippen LogP contribution is -2.35. The summed E-state index contributed by atoms with van der Waals surface area (Å²) in [6, 6.07) is 0.657. The van der Waals surface area contributed by atoms with Crippen LogP contribution in [0.4, 0.5) is 0 Å². The van der Waals surface area contributed by atoms with Crippen molar-refractivity contribution in [1.29, 1.82) is 0 Å². The number of aryl methyl sites for hydroxylation is 1. The Labute approximate surface area is 104 Å². The van der Waals surface area contributed by atoms with E-state index in [1.165, 1.54) is 19.3 Å². The molecule has 0 spiro atoms. The van der Waals surface area contributed by atoms with Crippen LogP contribution in [0, 0.1) is 18.8 Å². The minimum absolute atomic E-state index is 0.657. The molecule has 17 heavy (non-hydrogen) atoms. The van der Waals surface area contributed by atoms with Crippen molar-refractivity contribution in [1.82, 2.24) is 15.3 Å². The van der Waals surface area contributed by atoms with Gasteiger partial charge in [-0.25, -0.2) is 0 Å². The number of aromatic nitrogens is 2. The van der Waals surface area contributed by atoms with Crippen molar-refractivity contribution in [3.05, 3.63) is 23.8 Å². The van der Waals surface area contributed by atoms with Gasteiger partial charge in [-0.1, -0.05) is 13.8 Å². The molecule has 3 unspecified atom stereocenters. The van der Waals surface area contributed by atoms with E-state index in [4.69, 9.17) is 0 Å². The Morgan fingerprint density at radius 3 is 2.65 bits per heavy atom. The third-order valence-corrected chi connectivity index (χ3v) is 4.00. The molecule has 0 radical (unpaired) electrons. The molecule has 3 atom stereocenters. The summed E-state index contributed by atoms with van der Waals surface area (Å²) >= 11 is 0. The van der Waals surface area contributed by atoms with Crippen LogP contribution in [0.25, 0.3) is 0 Å². The molecular weight excluding hydrogens is 210 g/mol. The highest BCUT2D eigenvalue weighted by atomic mass is 14.9. The summed E-state index contributed by atoms with van der Waals surface area (Å²) in [6.07, 6.45) is 7.64. The molecular formula is C14H23N3. The maximum absolute atomic E-state index is 4.37. The minimum atomic E-state index is 0.657. The topological polar surface area (TPSA) is 37.8 Å². The molecule has 2 rings (SSSR count). The number of hydrogen-bond donors (Lipinski definition) is 1. The quantitative estimate of drug-likeness (QED) is 0.872. The molecule has 1 aromatic rings. The Morgan fingerprint density at radius 1 is 1.18 bits per heavy atom. The molecule has 0 bridgehead atoms. The van der Waals surface area contributed by atoms with Gasteiger partial charge in [0, 0.05) is 25.0 Å². The van der Waals surface area contributed by atoms with Crippen LogP contribution in [0.3, 0.4) is 0 Å². The fourth-order valence-electron chi connectivity index (χ4n) is 2.49. The van der Waals surface area contributed by atoms with Crippen LogP contribution in [0.5, 0.6) is 0 Å². The first-order valence-corrected chi connectivity index (χ1v) is 6.66. The largest absolute Gasteiger partial charge is 0.308 e.